The zero-order valence-corrected chi connectivity index (χ0v) is 22.0. The summed E-state index contributed by atoms with van der Waals surface area (Å²) in [7, 11) is -0.527. The molecule has 2 N–H and O–H groups in total. The van der Waals surface area contributed by atoms with Crippen molar-refractivity contribution in [1.82, 2.24) is 9.78 Å². The van der Waals surface area contributed by atoms with Gasteiger partial charge in [-0.25, -0.2) is 4.68 Å². The van der Waals surface area contributed by atoms with Crippen molar-refractivity contribution in [2.45, 2.75) is 77.9 Å². The van der Waals surface area contributed by atoms with E-state index in [1.54, 1.807) is 0 Å². The lowest BCUT2D eigenvalue weighted by Crippen LogP contribution is -2.41. The van der Waals surface area contributed by atoms with Crippen LogP contribution in [0, 0.1) is 6.92 Å². The van der Waals surface area contributed by atoms with E-state index in [9.17, 15) is 4.79 Å². The molecule has 1 amide bonds. The van der Waals surface area contributed by atoms with Crippen LogP contribution in [0.15, 0.2) is 54.6 Å². The molecule has 1 atom stereocenters. The molecular formula is C28H36BN3O3. The number of rotatable bonds is 5. The van der Waals surface area contributed by atoms with Crippen LogP contribution >= 0.6 is 0 Å². The molecule has 0 bridgehead atoms. The Hall–Kier alpha value is -2.90. The van der Waals surface area contributed by atoms with Crippen LogP contribution in [0.4, 0.5) is 0 Å². The Kier molecular flexibility index (Phi) is 6.23. The summed E-state index contributed by atoms with van der Waals surface area (Å²) < 4.78 is 14.3. The summed E-state index contributed by atoms with van der Waals surface area (Å²) in [5, 5.41) is 4.91. The van der Waals surface area contributed by atoms with Gasteiger partial charge in [-0.3, -0.25) is 4.79 Å². The first kappa shape index (κ1) is 25.2. The van der Waals surface area contributed by atoms with Gasteiger partial charge in [0.15, 0.2) is 0 Å². The monoisotopic (exact) mass is 473 g/mol. The van der Waals surface area contributed by atoms with Crippen LogP contribution in [-0.4, -0.2) is 34.0 Å². The number of carbonyl (C=O) groups is 1. The normalized spacial score (nSPS) is 18.0. The number of hydrogen-bond acceptors (Lipinski definition) is 4. The average molecular weight is 473 g/mol. The number of aryl methyl sites for hydroxylation is 1. The smallest absolute Gasteiger partial charge is 0.399 e. The molecule has 1 aliphatic heterocycles. The lowest BCUT2D eigenvalue weighted by molar-refractivity contribution is -0.118. The number of amides is 1. The van der Waals surface area contributed by atoms with E-state index >= 15 is 0 Å². The van der Waals surface area contributed by atoms with Gasteiger partial charge in [0, 0.05) is 5.41 Å². The highest BCUT2D eigenvalue weighted by Crippen LogP contribution is 2.37. The van der Waals surface area contributed by atoms with Crippen LogP contribution in [0.2, 0.25) is 0 Å². The van der Waals surface area contributed by atoms with E-state index in [2.05, 4.69) is 20.8 Å². The summed E-state index contributed by atoms with van der Waals surface area (Å²) in [5.41, 5.74) is 10.2. The van der Waals surface area contributed by atoms with Gasteiger partial charge in [-0.05, 0) is 63.8 Å². The Morgan fingerprint density at radius 2 is 1.60 bits per heavy atom. The van der Waals surface area contributed by atoms with Gasteiger partial charge in [0.05, 0.1) is 28.3 Å². The molecule has 1 saturated heterocycles. The van der Waals surface area contributed by atoms with Crippen LogP contribution in [-0.2, 0) is 19.5 Å². The summed E-state index contributed by atoms with van der Waals surface area (Å²) >= 11 is 0. The maximum absolute atomic E-state index is 13.0. The molecule has 4 rings (SSSR count). The predicted octanol–water partition coefficient (Wildman–Crippen LogP) is 4.39. The molecule has 1 fully saturated rings. The van der Waals surface area contributed by atoms with Gasteiger partial charge in [0.25, 0.3) is 0 Å². The topological polar surface area (TPSA) is 79.4 Å². The first-order valence-electron chi connectivity index (χ1n) is 12.1. The Morgan fingerprint density at radius 1 is 1.00 bits per heavy atom. The molecule has 0 saturated carbocycles. The van der Waals surface area contributed by atoms with Crippen molar-refractivity contribution in [3.8, 4) is 5.69 Å². The quantitative estimate of drug-likeness (QED) is 0.558. The number of aromatic nitrogens is 2. The van der Waals surface area contributed by atoms with Crippen LogP contribution in [0.25, 0.3) is 5.69 Å². The lowest BCUT2D eigenvalue weighted by atomic mass is 9.77. The predicted molar refractivity (Wildman–Crippen MR) is 140 cm³/mol. The highest BCUT2D eigenvalue weighted by Gasteiger charge is 2.51. The van der Waals surface area contributed by atoms with Crippen molar-refractivity contribution >= 4 is 18.5 Å². The molecule has 184 valence electrons. The van der Waals surface area contributed by atoms with Crippen LogP contribution in [0.3, 0.4) is 0 Å². The Labute approximate surface area is 209 Å². The van der Waals surface area contributed by atoms with E-state index in [-0.39, 0.29) is 5.41 Å². The van der Waals surface area contributed by atoms with Crippen LogP contribution in [0.5, 0.6) is 0 Å². The van der Waals surface area contributed by atoms with E-state index in [0.717, 1.165) is 33.7 Å². The summed E-state index contributed by atoms with van der Waals surface area (Å²) in [6, 6.07) is 17.9. The summed E-state index contributed by atoms with van der Waals surface area (Å²) in [6.45, 7) is 16.5. The number of hydrogen-bond donors (Lipinski definition) is 1. The molecule has 1 aliphatic rings. The Bertz CT molecular complexity index is 1220. The van der Waals surface area contributed by atoms with Crippen molar-refractivity contribution in [1.29, 1.82) is 0 Å². The number of nitrogens with zero attached hydrogens (tertiary/aromatic N) is 2. The second-order valence-corrected chi connectivity index (χ2v) is 11.5. The highest BCUT2D eigenvalue weighted by molar-refractivity contribution is 6.62. The van der Waals surface area contributed by atoms with E-state index in [4.69, 9.17) is 20.1 Å². The van der Waals surface area contributed by atoms with E-state index in [0.29, 0.717) is 0 Å². The molecule has 7 heteroatoms. The number of carbonyl (C=O) groups excluding carboxylic acids is 1. The molecular weight excluding hydrogens is 437 g/mol. The van der Waals surface area contributed by atoms with Crippen LogP contribution < -0.4 is 11.2 Å². The molecule has 6 nitrogen and oxygen atoms in total. The minimum atomic E-state index is -0.692. The van der Waals surface area contributed by atoms with Crippen molar-refractivity contribution in [3.05, 3.63) is 77.1 Å². The van der Waals surface area contributed by atoms with Crippen molar-refractivity contribution < 1.29 is 14.1 Å². The summed E-state index contributed by atoms with van der Waals surface area (Å²) in [4.78, 5) is 13.0. The molecule has 0 radical (unpaired) electrons. The zero-order chi connectivity index (χ0) is 25.8. The molecule has 1 aromatic heterocycles. The van der Waals surface area contributed by atoms with E-state index < -0.39 is 30.1 Å². The minimum absolute atomic E-state index is 0.197. The SMILES string of the molecule is Cc1ccc(-n2nc(C(C)(C)C)cc2C(C(N)=O)c2cccc(B3OC(C)(C)C(C)(C)O3)c2)cc1. The third kappa shape index (κ3) is 4.80. The van der Waals surface area contributed by atoms with Crippen molar-refractivity contribution in [3.63, 3.8) is 0 Å². The van der Waals surface area contributed by atoms with Gasteiger partial charge in [0.2, 0.25) is 5.91 Å². The zero-order valence-electron chi connectivity index (χ0n) is 22.0. The largest absolute Gasteiger partial charge is 0.494 e. The highest BCUT2D eigenvalue weighted by atomic mass is 16.7. The fourth-order valence-corrected chi connectivity index (χ4v) is 4.21. The maximum atomic E-state index is 13.0. The second kappa shape index (κ2) is 8.64. The molecule has 3 aromatic rings. The number of benzene rings is 2. The van der Waals surface area contributed by atoms with Crippen molar-refractivity contribution in [2.24, 2.45) is 5.73 Å². The third-order valence-corrected chi connectivity index (χ3v) is 7.13. The molecule has 0 spiro atoms. The third-order valence-electron chi connectivity index (χ3n) is 7.13. The van der Waals surface area contributed by atoms with Gasteiger partial charge >= 0.3 is 7.12 Å². The van der Waals surface area contributed by atoms with Gasteiger partial charge in [0.1, 0.15) is 5.92 Å². The first-order chi connectivity index (χ1) is 16.2. The molecule has 35 heavy (non-hydrogen) atoms. The Morgan fingerprint density at radius 3 is 2.14 bits per heavy atom. The standard InChI is InChI=1S/C28H36BN3O3/c1-18-12-14-21(15-13-18)32-22(17-23(31-32)26(2,3)4)24(25(30)33)19-10-9-11-20(16-19)29-34-27(5,6)28(7,8)35-29/h9-17,24H,1-8H3,(H2,30,33). The van der Waals surface area contributed by atoms with Gasteiger partial charge in [-0.1, -0.05) is 62.7 Å². The molecule has 0 aliphatic carbocycles. The van der Waals surface area contributed by atoms with Crippen molar-refractivity contribution in [2.75, 3.05) is 0 Å². The van der Waals surface area contributed by atoms with Crippen LogP contribution in [0.1, 0.15) is 76.9 Å². The average Bonchev–Trinajstić information content (AvgIpc) is 3.27. The molecule has 2 aromatic carbocycles. The number of primary amides is 1. The van der Waals surface area contributed by atoms with Gasteiger partial charge < -0.3 is 15.0 Å². The fourth-order valence-electron chi connectivity index (χ4n) is 4.21. The lowest BCUT2D eigenvalue weighted by Gasteiger charge is -2.32. The first-order valence-corrected chi connectivity index (χ1v) is 12.1. The molecule has 1 unspecified atom stereocenters. The summed E-state index contributed by atoms with van der Waals surface area (Å²) in [6.07, 6.45) is 0. The minimum Gasteiger partial charge on any atom is -0.399 e. The van der Waals surface area contributed by atoms with Gasteiger partial charge in [-0.2, -0.15) is 5.10 Å². The molecule has 2 heterocycles. The summed E-state index contributed by atoms with van der Waals surface area (Å²) in [5.74, 6) is -1.13. The van der Waals surface area contributed by atoms with E-state index in [1.165, 1.54) is 0 Å². The Balaban J connectivity index is 1.82. The maximum Gasteiger partial charge on any atom is 0.494 e. The van der Waals surface area contributed by atoms with E-state index in [1.807, 2.05) is 93.9 Å². The fraction of sp³-hybridized carbons (Fsp3) is 0.429. The number of nitrogens with two attached hydrogens (primary N) is 1. The second-order valence-electron chi connectivity index (χ2n) is 11.5. The van der Waals surface area contributed by atoms with Gasteiger partial charge in [-0.15, -0.1) is 0 Å².